The van der Waals surface area contributed by atoms with Crippen LogP contribution in [0.2, 0.25) is 0 Å². The molecule has 4 rings (SSSR count). The van der Waals surface area contributed by atoms with Crippen LogP contribution in [-0.4, -0.2) is 26.4 Å². The van der Waals surface area contributed by atoms with Gasteiger partial charge in [0.15, 0.2) is 11.0 Å². The topological polar surface area (TPSA) is 69.0 Å². The van der Waals surface area contributed by atoms with Crippen LogP contribution in [0.1, 0.15) is 17.0 Å². The molecule has 1 amide bonds. The number of aromatic nitrogens is 3. The smallest absolute Gasteiger partial charge is 0.230 e. The molecule has 0 aliphatic rings. The second kappa shape index (κ2) is 10.8. The summed E-state index contributed by atoms with van der Waals surface area (Å²) in [6.07, 6.45) is 1.79. The molecule has 7 heteroatoms. The van der Waals surface area contributed by atoms with Crippen molar-refractivity contribution in [2.75, 3.05) is 5.75 Å². The van der Waals surface area contributed by atoms with E-state index in [0.29, 0.717) is 24.1 Å². The zero-order valence-electron chi connectivity index (χ0n) is 18.5. The molecular weight excluding hydrogens is 432 g/mol. The Balaban J connectivity index is 1.38. The minimum atomic E-state index is -0.0541. The number of hydrogen-bond donors (Lipinski definition) is 1. The highest BCUT2D eigenvalue weighted by Crippen LogP contribution is 2.28. The van der Waals surface area contributed by atoms with E-state index in [-0.39, 0.29) is 18.3 Å². The Kier molecular flexibility index (Phi) is 7.42. The Hall–Kier alpha value is -3.58. The predicted octanol–water partition coefficient (Wildman–Crippen LogP) is 4.91. The molecule has 4 aromatic rings. The molecule has 1 aromatic heterocycles. The van der Waals surface area contributed by atoms with E-state index in [4.69, 9.17) is 4.74 Å². The van der Waals surface area contributed by atoms with Crippen LogP contribution < -0.4 is 10.1 Å². The molecular formula is C26H26N4O2S. The van der Waals surface area contributed by atoms with Gasteiger partial charge in [-0.2, -0.15) is 0 Å². The summed E-state index contributed by atoms with van der Waals surface area (Å²) in [5, 5.41) is 14.5. The Morgan fingerprint density at radius 1 is 1.09 bits per heavy atom. The quantitative estimate of drug-likeness (QED) is 0.270. The molecule has 6 nitrogen and oxygen atoms in total. The molecule has 33 heavy (non-hydrogen) atoms. The average Bonchev–Trinajstić information content (AvgIpc) is 3.23. The van der Waals surface area contributed by atoms with Gasteiger partial charge in [0.2, 0.25) is 5.91 Å². The van der Waals surface area contributed by atoms with Crippen LogP contribution in [0, 0.1) is 6.92 Å². The van der Waals surface area contributed by atoms with Gasteiger partial charge in [0.25, 0.3) is 0 Å². The molecule has 1 heterocycles. The number of nitrogens with one attached hydrogen (secondary N) is 1. The van der Waals surface area contributed by atoms with Gasteiger partial charge in [0.1, 0.15) is 12.4 Å². The van der Waals surface area contributed by atoms with Crippen molar-refractivity contribution in [3.8, 4) is 5.75 Å². The molecule has 0 spiro atoms. The lowest BCUT2D eigenvalue weighted by Crippen LogP contribution is -2.24. The van der Waals surface area contributed by atoms with Gasteiger partial charge in [-0.05, 0) is 34.9 Å². The van der Waals surface area contributed by atoms with Crippen LogP contribution in [0.3, 0.4) is 0 Å². The van der Waals surface area contributed by atoms with Crippen LogP contribution in [0.5, 0.6) is 5.75 Å². The zero-order valence-corrected chi connectivity index (χ0v) is 19.3. The van der Waals surface area contributed by atoms with Crippen LogP contribution in [0.15, 0.2) is 84.5 Å². The SMILES string of the molecule is C=CCn1c(COc2ccc3ccccc3c2C)nnc1SCC(=O)NCc1ccccc1. The molecule has 0 aliphatic heterocycles. The number of aryl methyl sites for hydroxylation is 1. The van der Waals surface area contributed by atoms with Crippen molar-refractivity contribution in [1.82, 2.24) is 20.1 Å². The number of benzene rings is 3. The average molecular weight is 459 g/mol. The molecule has 0 aliphatic carbocycles. The van der Waals surface area contributed by atoms with E-state index in [0.717, 1.165) is 16.9 Å². The molecule has 0 bridgehead atoms. The molecule has 1 N–H and O–H groups in total. The number of allylic oxidation sites excluding steroid dienone is 1. The molecule has 168 valence electrons. The minimum absolute atomic E-state index is 0.0541. The lowest BCUT2D eigenvalue weighted by Gasteiger charge is -2.12. The first-order chi connectivity index (χ1) is 16.2. The highest BCUT2D eigenvalue weighted by Gasteiger charge is 2.15. The summed E-state index contributed by atoms with van der Waals surface area (Å²) >= 11 is 1.35. The van der Waals surface area contributed by atoms with Crippen molar-refractivity contribution in [2.24, 2.45) is 0 Å². The molecule has 0 atom stereocenters. The Morgan fingerprint density at radius 3 is 2.70 bits per heavy atom. The fourth-order valence-electron chi connectivity index (χ4n) is 3.53. The third-order valence-electron chi connectivity index (χ3n) is 5.28. The van der Waals surface area contributed by atoms with Crippen molar-refractivity contribution in [1.29, 1.82) is 0 Å². The summed E-state index contributed by atoms with van der Waals surface area (Å²) in [6, 6.07) is 22.1. The first-order valence-corrected chi connectivity index (χ1v) is 11.7. The van der Waals surface area contributed by atoms with E-state index in [1.807, 2.05) is 53.1 Å². The number of ether oxygens (including phenoxy) is 1. The van der Waals surface area contributed by atoms with Crippen LogP contribution in [0.25, 0.3) is 10.8 Å². The van der Waals surface area contributed by atoms with Crippen LogP contribution >= 0.6 is 11.8 Å². The van der Waals surface area contributed by atoms with E-state index in [2.05, 4.69) is 47.2 Å². The van der Waals surface area contributed by atoms with Gasteiger partial charge in [0.05, 0.1) is 5.75 Å². The first kappa shape index (κ1) is 22.6. The maximum absolute atomic E-state index is 12.3. The first-order valence-electron chi connectivity index (χ1n) is 10.7. The molecule has 0 saturated heterocycles. The summed E-state index contributed by atoms with van der Waals surface area (Å²) in [7, 11) is 0. The van der Waals surface area contributed by atoms with E-state index in [1.165, 1.54) is 22.5 Å². The fourth-order valence-corrected chi connectivity index (χ4v) is 4.32. The molecule has 3 aromatic carbocycles. The number of carbonyl (C=O) groups excluding carboxylic acids is 1. The van der Waals surface area contributed by atoms with Crippen molar-refractivity contribution in [3.63, 3.8) is 0 Å². The zero-order chi connectivity index (χ0) is 23.0. The normalized spacial score (nSPS) is 10.8. The minimum Gasteiger partial charge on any atom is -0.485 e. The largest absolute Gasteiger partial charge is 0.485 e. The summed E-state index contributed by atoms with van der Waals surface area (Å²) < 4.78 is 8.03. The number of thioether (sulfide) groups is 1. The van der Waals surface area contributed by atoms with Gasteiger partial charge in [-0.25, -0.2) is 0 Å². The van der Waals surface area contributed by atoms with Crippen molar-refractivity contribution >= 4 is 28.4 Å². The predicted molar refractivity (Wildman–Crippen MR) is 132 cm³/mol. The second-order valence-corrected chi connectivity index (χ2v) is 8.49. The fraction of sp³-hybridized carbons (Fsp3) is 0.192. The summed E-state index contributed by atoms with van der Waals surface area (Å²) in [4.78, 5) is 12.3. The number of hydrogen-bond acceptors (Lipinski definition) is 5. The van der Waals surface area contributed by atoms with Crippen molar-refractivity contribution in [2.45, 2.75) is 31.8 Å². The van der Waals surface area contributed by atoms with Crippen molar-refractivity contribution in [3.05, 3.63) is 96.3 Å². The van der Waals surface area contributed by atoms with Crippen LogP contribution in [-0.2, 0) is 24.5 Å². The van der Waals surface area contributed by atoms with Gasteiger partial charge in [-0.1, -0.05) is 78.5 Å². The Labute approximate surface area is 197 Å². The number of rotatable bonds is 10. The number of fused-ring (bicyclic) bond motifs is 1. The van der Waals surface area contributed by atoms with E-state index < -0.39 is 0 Å². The maximum atomic E-state index is 12.3. The van der Waals surface area contributed by atoms with E-state index >= 15 is 0 Å². The monoisotopic (exact) mass is 458 g/mol. The highest BCUT2D eigenvalue weighted by molar-refractivity contribution is 7.99. The number of amides is 1. The standard InChI is InChI=1S/C26H26N4O2S/c1-3-15-30-24(17-32-23-14-13-21-11-7-8-12-22(21)19(23)2)28-29-26(30)33-18-25(31)27-16-20-9-5-4-6-10-20/h3-14H,1,15-18H2,2H3,(H,27,31). The summed E-state index contributed by atoms with van der Waals surface area (Å²) in [5.74, 6) is 1.71. The third kappa shape index (κ3) is 5.62. The molecule has 0 unspecified atom stereocenters. The highest BCUT2D eigenvalue weighted by atomic mass is 32.2. The lowest BCUT2D eigenvalue weighted by atomic mass is 10.0. The molecule has 0 radical (unpaired) electrons. The summed E-state index contributed by atoms with van der Waals surface area (Å²) in [5.41, 5.74) is 2.15. The molecule has 0 saturated carbocycles. The molecule has 0 fully saturated rings. The van der Waals surface area contributed by atoms with Crippen LogP contribution in [0.4, 0.5) is 0 Å². The lowest BCUT2D eigenvalue weighted by molar-refractivity contribution is -0.118. The number of carbonyl (C=O) groups is 1. The Morgan fingerprint density at radius 2 is 1.88 bits per heavy atom. The van der Waals surface area contributed by atoms with Crippen molar-refractivity contribution < 1.29 is 9.53 Å². The third-order valence-corrected chi connectivity index (χ3v) is 6.24. The second-order valence-electron chi connectivity index (χ2n) is 7.55. The van der Waals surface area contributed by atoms with E-state index in [9.17, 15) is 4.79 Å². The van der Waals surface area contributed by atoms with Gasteiger partial charge in [-0.3, -0.25) is 9.36 Å². The van der Waals surface area contributed by atoms with Gasteiger partial charge < -0.3 is 10.1 Å². The van der Waals surface area contributed by atoms with Gasteiger partial charge in [0, 0.05) is 13.1 Å². The Bertz CT molecular complexity index is 1250. The van der Waals surface area contributed by atoms with Gasteiger partial charge in [-0.15, -0.1) is 16.8 Å². The maximum Gasteiger partial charge on any atom is 0.230 e. The van der Waals surface area contributed by atoms with E-state index in [1.54, 1.807) is 6.08 Å². The number of nitrogens with zero attached hydrogens (tertiary/aromatic N) is 3. The summed E-state index contributed by atoms with van der Waals surface area (Å²) in [6.45, 7) is 7.21. The van der Waals surface area contributed by atoms with Gasteiger partial charge >= 0.3 is 0 Å².